The van der Waals surface area contributed by atoms with Gasteiger partial charge in [0, 0.05) is 0 Å². The van der Waals surface area contributed by atoms with Gasteiger partial charge in [-0.2, -0.15) is 11.8 Å². The van der Waals surface area contributed by atoms with Crippen molar-refractivity contribution in [2.75, 3.05) is 11.5 Å². The summed E-state index contributed by atoms with van der Waals surface area (Å²) in [6.07, 6.45) is 2.93. The Morgan fingerprint density at radius 3 is 1.57 bits per heavy atom. The molecular formula is C6H14S. The molecule has 1 heterocycles. The molecule has 1 saturated heterocycles. The fourth-order valence-corrected chi connectivity index (χ4v) is 1.53. The first kappa shape index (κ1) is 7.35. The molecule has 0 aromatic rings. The Hall–Kier alpha value is 0.350. The van der Waals surface area contributed by atoms with Crippen molar-refractivity contribution in [3.05, 3.63) is 0 Å². The molecule has 0 spiro atoms. The SMILES string of the molecule is C1CCSC1.CC. The van der Waals surface area contributed by atoms with Crippen LogP contribution in [0.25, 0.3) is 0 Å². The van der Waals surface area contributed by atoms with E-state index in [0.717, 1.165) is 0 Å². The van der Waals surface area contributed by atoms with E-state index in [0.29, 0.717) is 0 Å². The minimum Gasteiger partial charge on any atom is -0.162 e. The van der Waals surface area contributed by atoms with Gasteiger partial charge < -0.3 is 0 Å². The fourth-order valence-electron chi connectivity index (χ4n) is 0.510. The van der Waals surface area contributed by atoms with Gasteiger partial charge in [-0.3, -0.25) is 0 Å². The second-order valence-electron chi connectivity index (χ2n) is 1.32. The zero-order valence-corrected chi connectivity index (χ0v) is 6.05. The van der Waals surface area contributed by atoms with Gasteiger partial charge in [-0.15, -0.1) is 0 Å². The Labute approximate surface area is 50.7 Å². The molecule has 0 nitrogen and oxygen atoms in total. The number of rotatable bonds is 0. The molecule has 0 aliphatic carbocycles. The maximum Gasteiger partial charge on any atom is -0.00672 e. The van der Waals surface area contributed by atoms with Crippen LogP contribution >= 0.6 is 11.8 Å². The van der Waals surface area contributed by atoms with Crippen molar-refractivity contribution in [2.45, 2.75) is 26.7 Å². The lowest BCUT2D eigenvalue weighted by Crippen LogP contribution is -1.58. The lowest BCUT2D eigenvalue weighted by atomic mass is 10.4. The first-order chi connectivity index (χ1) is 3.50. The molecule has 1 fully saturated rings. The van der Waals surface area contributed by atoms with Crippen LogP contribution in [-0.2, 0) is 0 Å². The van der Waals surface area contributed by atoms with Gasteiger partial charge in [0.25, 0.3) is 0 Å². The minimum atomic E-state index is 1.42. The van der Waals surface area contributed by atoms with Crippen LogP contribution in [0, 0.1) is 0 Å². The van der Waals surface area contributed by atoms with E-state index in [2.05, 4.69) is 11.8 Å². The molecule has 0 radical (unpaired) electrons. The van der Waals surface area contributed by atoms with E-state index in [1.54, 1.807) is 0 Å². The highest BCUT2D eigenvalue weighted by Crippen LogP contribution is 2.14. The highest BCUT2D eigenvalue weighted by atomic mass is 32.2. The van der Waals surface area contributed by atoms with E-state index < -0.39 is 0 Å². The number of thioether (sulfide) groups is 1. The molecular weight excluding hydrogens is 104 g/mol. The zero-order valence-electron chi connectivity index (χ0n) is 5.24. The predicted octanol–water partition coefficient (Wildman–Crippen LogP) is 2.54. The Bertz CT molecular complexity index is 15.8. The largest absolute Gasteiger partial charge is 0.162 e. The van der Waals surface area contributed by atoms with Gasteiger partial charge >= 0.3 is 0 Å². The molecule has 0 N–H and O–H groups in total. The Kier molecular flexibility index (Phi) is 6.67. The van der Waals surface area contributed by atoms with Gasteiger partial charge in [0.1, 0.15) is 0 Å². The first-order valence-electron chi connectivity index (χ1n) is 3.08. The summed E-state index contributed by atoms with van der Waals surface area (Å²) >= 11 is 2.07. The maximum absolute atomic E-state index is 2.07. The van der Waals surface area contributed by atoms with E-state index in [4.69, 9.17) is 0 Å². The van der Waals surface area contributed by atoms with Crippen molar-refractivity contribution < 1.29 is 0 Å². The Morgan fingerprint density at radius 1 is 1.00 bits per heavy atom. The first-order valence-corrected chi connectivity index (χ1v) is 4.23. The van der Waals surface area contributed by atoms with E-state index in [1.165, 1.54) is 24.3 Å². The molecule has 1 aliphatic heterocycles. The quantitative estimate of drug-likeness (QED) is 0.471. The van der Waals surface area contributed by atoms with Gasteiger partial charge in [-0.05, 0) is 24.3 Å². The summed E-state index contributed by atoms with van der Waals surface area (Å²) < 4.78 is 0. The van der Waals surface area contributed by atoms with E-state index in [1.807, 2.05) is 13.8 Å². The lowest BCUT2D eigenvalue weighted by Gasteiger charge is -1.69. The topological polar surface area (TPSA) is 0 Å². The van der Waals surface area contributed by atoms with Crippen molar-refractivity contribution in [1.29, 1.82) is 0 Å². The van der Waals surface area contributed by atoms with Crippen molar-refractivity contribution >= 4 is 11.8 Å². The third-order valence-electron chi connectivity index (χ3n) is 0.827. The van der Waals surface area contributed by atoms with Crippen molar-refractivity contribution in [3.63, 3.8) is 0 Å². The van der Waals surface area contributed by atoms with E-state index in [9.17, 15) is 0 Å². The molecule has 0 atom stereocenters. The molecule has 7 heavy (non-hydrogen) atoms. The summed E-state index contributed by atoms with van der Waals surface area (Å²) in [5, 5.41) is 0. The third kappa shape index (κ3) is 4.20. The summed E-state index contributed by atoms with van der Waals surface area (Å²) in [6, 6.07) is 0. The summed E-state index contributed by atoms with van der Waals surface area (Å²) in [4.78, 5) is 0. The summed E-state index contributed by atoms with van der Waals surface area (Å²) in [5.74, 6) is 2.83. The van der Waals surface area contributed by atoms with Gasteiger partial charge in [-0.25, -0.2) is 0 Å². The molecule has 0 aromatic carbocycles. The zero-order chi connectivity index (χ0) is 5.54. The molecule has 0 unspecified atom stereocenters. The average Bonchev–Trinajstić information content (AvgIpc) is 2.23. The van der Waals surface area contributed by atoms with Gasteiger partial charge in [0.2, 0.25) is 0 Å². The van der Waals surface area contributed by atoms with Gasteiger partial charge in [-0.1, -0.05) is 13.8 Å². The van der Waals surface area contributed by atoms with Crippen LogP contribution in [0.3, 0.4) is 0 Å². The second-order valence-corrected chi connectivity index (χ2v) is 2.54. The van der Waals surface area contributed by atoms with E-state index in [-0.39, 0.29) is 0 Å². The van der Waals surface area contributed by atoms with Crippen molar-refractivity contribution in [3.8, 4) is 0 Å². The second kappa shape index (κ2) is 6.35. The maximum atomic E-state index is 2.07. The van der Waals surface area contributed by atoms with E-state index >= 15 is 0 Å². The monoisotopic (exact) mass is 118 g/mol. The van der Waals surface area contributed by atoms with Gasteiger partial charge in [0.05, 0.1) is 0 Å². The standard InChI is InChI=1S/C4H8S.C2H6/c1-2-4-5-3-1;1-2/h1-4H2;1-2H3. The molecule has 0 amide bonds. The molecule has 0 bridgehead atoms. The Morgan fingerprint density at radius 2 is 1.43 bits per heavy atom. The summed E-state index contributed by atoms with van der Waals surface area (Å²) in [7, 11) is 0. The summed E-state index contributed by atoms with van der Waals surface area (Å²) in [5.41, 5.74) is 0. The molecule has 44 valence electrons. The van der Waals surface area contributed by atoms with Crippen LogP contribution in [0.15, 0.2) is 0 Å². The number of hydrogen-bond acceptors (Lipinski definition) is 1. The highest BCUT2D eigenvalue weighted by molar-refractivity contribution is 7.99. The fraction of sp³-hybridized carbons (Fsp3) is 1.00. The van der Waals surface area contributed by atoms with Crippen LogP contribution in [0.2, 0.25) is 0 Å². The van der Waals surface area contributed by atoms with Crippen LogP contribution in [-0.4, -0.2) is 11.5 Å². The molecule has 0 aromatic heterocycles. The lowest BCUT2D eigenvalue weighted by molar-refractivity contribution is 0.949. The number of hydrogen-bond donors (Lipinski definition) is 0. The van der Waals surface area contributed by atoms with Crippen LogP contribution in [0.4, 0.5) is 0 Å². The highest BCUT2D eigenvalue weighted by Gasteiger charge is 1.95. The summed E-state index contributed by atoms with van der Waals surface area (Å²) in [6.45, 7) is 4.00. The normalized spacial score (nSPS) is 18.0. The average molecular weight is 118 g/mol. The van der Waals surface area contributed by atoms with Crippen LogP contribution < -0.4 is 0 Å². The molecule has 1 heteroatoms. The predicted molar refractivity (Wildman–Crippen MR) is 37.9 cm³/mol. The molecule has 1 rings (SSSR count). The third-order valence-corrected chi connectivity index (χ3v) is 1.98. The van der Waals surface area contributed by atoms with Crippen molar-refractivity contribution in [1.82, 2.24) is 0 Å². The molecule has 1 aliphatic rings. The van der Waals surface area contributed by atoms with Gasteiger partial charge in [0.15, 0.2) is 0 Å². The van der Waals surface area contributed by atoms with Crippen LogP contribution in [0.5, 0.6) is 0 Å². The Balaban J connectivity index is 0.000000162. The van der Waals surface area contributed by atoms with Crippen LogP contribution in [0.1, 0.15) is 26.7 Å². The minimum absolute atomic E-state index is 1.42. The molecule has 0 saturated carbocycles. The smallest absolute Gasteiger partial charge is 0.00672 e. The van der Waals surface area contributed by atoms with Crippen molar-refractivity contribution in [2.24, 2.45) is 0 Å².